The van der Waals surface area contributed by atoms with Gasteiger partial charge in [0.15, 0.2) is 17.5 Å². The highest BCUT2D eigenvalue weighted by atomic mass is 32.2. The molecule has 2 N–H and O–H groups in total. The number of carbonyl (C=O) groups excluding carboxylic acids is 1. The van der Waals surface area contributed by atoms with E-state index in [1.165, 1.54) is 12.5 Å². The number of nitrogens with zero attached hydrogens (tertiary/aromatic N) is 3. The molecule has 2 aromatic carbocycles. The summed E-state index contributed by atoms with van der Waals surface area (Å²) in [4.78, 5) is 25.6. The van der Waals surface area contributed by atoms with Crippen molar-refractivity contribution < 1.29 is 30.8 Å². The molecule has 5 rings (SSSR count). The summed E-state index contributed by atoms with van der Waals surface area (Å²) in [6.07, 6.45) is 4.41. The Kier molecular flexibility index (Phi) is 5.66. The summed E-state index contributed by atoms with van der Waals surface area (Å²) in [6, 6.07) is 3.50. The van der Waals surface area contributed by atoms with Crippen LogP contribution in [0.4, 0.5) is 29.1 Å². The first kappa shape index (κ1) is 23.7. The van der Waals surface area contributed by atoms with Gasteiger partial charge in [0.25, 0.3) is 10.0 Å². The average molecular weight is 519 g/mol. The number of H-pyrrole nitrogens is 1. The Morgan fingerprint density at radius 1 is 1.06 bits per heavy atom. The lowest BCUT2D eigenvalue weighted by molar-refractivity contribution is 0.103. The summed E-state index contributed by atoms with van der Waals surface area (Å²) in [5.41, 5.74) is -1.58. The molecule has 1 saturated carbocycles. The lowest BCUT2D eigenvalue weighted by Gasteiger charge is -2.18. The Bertz CT molecular complexity index is 1640. The molecule has 1 aliphatic rings. The number of hydrogen-bond donors (Lipinski definition) is 2. The van der Waals surface area contributed by atoms with Crippen LogP contribution < -0.4 is 9.62 Å². The summed E-state index contributed by atoms with van der Waals surface area (Å²) in [6.45, 7) is 0. The minimum Gasteiger partial charge on any atom is -0.356 e. The summed E-state index contributed by atoms with van der Waals surface area (Å²) in [5, 5.41) is 0.267. The Morgan fingerprint density at radius 3 is 2.47 bits per heavy atom. The fourth-order valence-electron chi connectivity index (χ4n) is 3.85. The van der Waals surface area contributed by atoms with Gasteiger partial charge in [-0.15, -0.1) is 0 Å². The Morgan fingerprint density at radius 2 is 1.78 bits per heavy atom. The van der Waals surface area contributed by atoms with Gasteiger partial charge in [0.05, 0.1) is 27.1 Å². The number of hydrogen-bond acceptors (Lipinski definition) is 6. The van der Waals surface area contributed by atoms with E-state index in [0.29, 0.717) is 18.0 Å². The van der Waals surface area contributed by atoms with Gasteiger partial charge in [0.1, 0.15) is 23.6 Å². The highest BCUT2D eigenvalue weighted by molar-refractivity contribution is 7.92. The molecule has 36 heavy (non-hydrogen) atoms. The lowest BCUT2D eigenvalue weighted by Crippen LogP contribution is -2.21. The van der Waals surface area contributed by atoms with Gasteiger partial charge in [-0.05, 0) is 43.2 Å². The number of sulfonamides is 1. The molecule has 0 aliphatic heterocycles. The lowest BCUT2D eigenvalue weighted by atomic mass is 10.0. The first-order chi connectivity index (χ1) is 17.1. The summed E-state index contributed by atoms with van der Waals surface area (Å²) < 4.78 is 83.9. The zero-order valence-electron chi connectivity index (χ0n) is 18.5. The normalized spacial score (nSPS) is 13.7. The van der Waals surface area contributed by atoms with E-state index in [0.717, 1.165) is 31.0 Å². The van der Waals surface area contributed by atoms with Gasteiger partial charge >= 0.3 is 0 Å². The van der Waals surface area contributed by atoms with E-state index >= 15 is 4.39 Å². The number of anilines is 2. The van der Waals surface area contributed by atoms with Crippen LogP contribution in [-0.2, 0) is 10.0 Å². The number of fused-ring (bicyclic) bond motifs is 1. The van der Waals surface area contributed by atoms with Crippen LogP contribution in [0.1, 0.15) is 28.8 Å². The molecule has 8 nitrogen and oxygen atoms in total. The summed E-state index contributed by atoms with van der Waals surface area (Å²) in [5.74, 6) is -6.06. The number of rotatable bonds is 7. The Hall–Kier alpha value is -4.00. The largest absolute Gasteiger partial charge is 0.356 e. The fraction of sp³-hybridized carbons (Fsp3) is 0.174. The molecule has 2 heterocycles. The van der Waals surface area contributed by atoms with Crippen LogP contribution in [0.3, 0.4) is 0 Å². The van der Waals surface area contributed by atoms with Gasteiger partial charge < -0.3 is 9.88 Å². The summed E-state index contributed by atoms with van der Waals surface area (Å²) >= 11 is 0. The Balaban J connectivity index is 1.56. The molecule has 0 spiro atoms. The van der Waals surface area contributed by atoms with Crippen LogP contribution in [0.5, 0.6) is 0 Å². The molecule has 0 amide bonds. The van der Waals surface area contributed by atoms with Gasteiger partial charge in [-0.25, -0.2) is 35.9 Å². The van der Waals surface area contributed by atoms with Crippen molar-refractivity contribution >= 4 is 38.3 Å². The third-order valence-electron chi connectivity index (χ3n) is 5.89. The number of carbonyl (C=O) groups is 1. The highest BCUT2D eigenvalue weighted by Crippen LogP contribution is 2.35. The van der Waals surface area contributed by atoms with E-state index in [1.54, 1.807) is 7.05 Å². The van der Waals surface area contributed by atoms with Crippen molar-refractivity contribution in [3.8, 4) is 0 Å². The van der Waals surface area contributed by atoms with Crippen LogP contribution in [-0.4, -0.2) is 42.2 Å². The first-order valence-electron chi connectivity index (χ1n) is 10.6. The number of aromatic amines is 1. The third-order valence-corrected chi connectivity index (χ3v) is 7.25. The van der Waals surface area contributed by atoms with E-state index in [4.69, 9.17) is 0 Å². The molecule has 0 saturated heterocycles. The minimum absolute atomic E-state index is 0.105. The second kappa shape index (κ2) is 8.59. The smallest absolute Gasteiger partial charge is 0.262 e. The molecule has 1 fully saturated rings. The van der Waals surface area contributed by atoms with E-state index in [-0.39, 0.29) is 22.6 Å². The molecular weight excluding hydrogens is 502 g/mol. The molecule has 0 radical (unpaired) electrons. The van der Waals surface area contributed by atoms with Crippen LogP contribution in [0, 0.1) is 23.3 Å². The quantitative estimate of drug-likeness (QED) is 0.281. The maximum Gasteiger partial charge on any atom is 0.262 e. The first-order valence-corrected chi connectivity index (χ1v) is 12.1. The topological polar surface area (TPSA) is 108 Å². The molecule has 186 valence electrons. The van der Waals surface area contributed by atoms with E-state index in [1.807, 2.05) is 9.62 Å². The van der Waals surface area contributed by atoms with Gasteiger partial charge in [0.2, 0.25) is 5.78 Å². The zero-order valence-corrected chi connectivity index (χ0v) is 19.3. The van der Waals surface area contributed by atoms with Crippen LogP contribution in [0.25, 0.3) is 11.0 Å². The monoisotopic (exact) mass is 519 g/mol. The number of aromatic nitrogens is 3. The second-order valence-corrected chi connectivity index (χ2v) is 9.94. The van der Waals surface area contributed by atoms with Crippen LogP contribution in [0.2, 0.25) is 0 Å². The number of ketones is 1. The molecule has 2 aromatic heterocycles. The molecule has 1 aliphatic carbocycles. The van der Waals surface area contributed by atoms with E-state index < -0.39 is 55.2 Å². The maximum absolute atomic E-state index is 15.4. The van der Waals surface area contributed by atoms with Gasteiger partial charge in [-0.2, -0.15) is 0 Å². The predicted octanol–water partition coefficient (Wildman–Crippen LogP) is 4.14. The fourth-order valence-corrected chi connectivity index (χ4v) is 4.92. The third kappa shape index (κ3) is 4.04. The zero-order chi connectivity index (χ0) is 25.8. The van der Waals surface area contributed by atoms with Crippen LogP contribution in [0.15, 0.2) is 47.8 Å². The molecule has 4 aromatic rings. The van der Waals surface area contributed by atoms with Crippen molar-refractivity contribution in [3.05, 3.63) is 77.3 Å². The summed E-state index contributed by atoms with van der Waals surface area (Å²) in [7, 11) is -2.82. The van der Waals surface area contributed by atoms with Crippen LogP contribution >= 0.6 is 0 Å². The highest BCUT2D eigenvalue weighted by Gasteiger charge is 2.32. The van der Waals surface area contributed by atoms with Crippen molar-refractivity contribution in [1.82, 2.24) is 15.0 Å². The second-order valence-electron chi connectivity index (χ2n) is 8.26. The Labute approximate surface area is 202 Å². The SMILES string of the molecule is CN(c1ncnc2[nH]cc(C(=O)c3c(F)ccc(NS(=O)(=O)c4ccc(F)c(F)c4)c3F)c12)C1CC1. The number of nitrogens with one attached hydrogen (secondary N) is 2. The molecule has 0 unspecified atom stereocenters. The van der Waals surface area contributed by atoms with Gasteiger partial charge in [0, 0.05) is 19.3 Å². The number of halogens is 4. The average Bonchev–Trinajstić information content (AvgIpc) is 3.60. The van der Waals surface area contributed by atoms with Crippen molar-refractivity contribution in [3.63, 3.8) is 0 Å². The van der Waals surface area contributed by atoms with Crippen molar-refractivity contribution in [2.75, 3.05) is 16.7 Å². The molecular formula is C23H17F4N5O3S. The van der Waals surface area contributed by atoms with Crippen molar-refractivity contribution in [2.45, 2.75) is 23.8 Å². The molecule has 0 atom stereocenters. The van der Waals surface area contributed by atoms with Gasteiger partial charge in [-0.3, -0.25) is 9.52 Å². The minimum atomic E-state index is -4.60. The van der Waals surface area contributed by atoms with E-state index in [9.17, 15) is 26.4 Å². The predicted molar refractivity (Wildman–Crippen MR) is 122 cm³/mol. The maximum atomic E-state index is 15.4. The standard InChI is InChI=1S/C23H17F4N5O3S/c1-32(11-2-3-11)23-18-13(9-28-22(18)29-10-30-23)21(33)19-15(25)6-7-17(20(19)27)31-36(34,35)12-4-5-14(24)16(26)8-12/h4-11,31H,2-3H2,1H3,(H,28,29,30). The van der Waals surface area contributed by atoms with Gasteiger partial charge in [-0.1, -0.05) is 0 Å². The molecule has 13 heteroatoms. The van der Waals surface area contributed by atoms with Crippen molar-refractivity contribution in [2.24, 2.45) is 0 Å². The van der Waals surface area contributed by atoms with E-state index in [2.05, 4.69) is 15.0 Å². The van der Waals surface area contributed by atoms with Crippen molar-refractivity contribution in [1.29, 1.82) is 0 Å². The number of benzene rings is 2. The molecule has 0 bridgehead atoms.